The van der Waals surface area contributed by atoms with Crippen LogP contribution in [0.5, 0.6) is 0 Å². The van der Waals surface area contributed by atoms with Crippen molar-refractivity contribution in [3.8, 4) is 0 Å². The summed E-state index contributed by atoms with van der Waals surface area (Å²) in [7, 11) is 0. The van der Waals surface area contributed by atoms with E-state index in [0.717, 1.165) is 24.7 Å². The summed E-state index contributed by atoms with van der Waals surface area (Å²) in [5.74, 6) is 0. The van der Waals surface area contributed by atoms with Gasteiger partial charge in [0.05, 0.1) is 0 Å². The molecule has 17 heavy (non-hydrogen) atoms. The average molecular weight is 264 g/mol. The van der Waals surface area contributed by atoms with Crippen molar-refractivity contribution in [3.63, 3.8) is 0 Å². The summed E-state index contributed by atoms with van der Waals surface area (Å²) in [6, 6.07) is 10.4. The number of nitrogens with zero attached hydrogens (tertiary/aromatic N) is 1. The highest BCUT2D eigenvalue weighted by atomic mass is 35.5. The van der Waals surface area contributed by atoms with Crippen LogP contribution in [0.25, 0.3) is 0 Å². The molecule has 1 aromatic carbocycles. The summed E-state index contributed by atoms with van der Waals surface area (Å²) in [6.45, 7) is 3.22. The molecule has 0 unspecified atom stereocenters. The van der Waals surface area contributed by atoms with Gasteiger partial charge in [-0.1, -0.05) is 23.7 Å². The van der Waals surface area contributed by atoms with Crippen LogP contribution in [0.15, 0.2) is 35.7 Å². The Hall–Kier alpha value is -0.830. The molecule has 1 aliphatic heterocycles. The zero-order chi connectivity index (χ0) is 11.7. The molecule has 0 amide bonds. The van der Waals surface area contributed by atoms with E-state index in [9.17, 15) is 0 Å². The smallest absolute Gasteiger partial charge is 0.0409 e. The summed E-state index contributed by atoms with van der Waals surface area (Å²) in [5.41, 5.74) is 2.81. The van der Waals surface area contributed by atoms with Crippen molar-refractivity contribution in [1.29, 1.82) is 0 Å². The number of rotatable bonds is 2. The molecule has 2 aromatic rings. The molecule has 0 spiro atoms. The molecule has 1 aliphatic rings. The Morgan fingerprint density at radius 2 is 2.24 bits per heavy atom. The average Bonchev–Trinajstić information content (AvgIpc) is 2.76. The van der Waals surface area contributed by atoms with Gasteiger partial charge >= 0.3 is 0 Å². The van der Waals surface area contributed by atoms with E-state index >= 15 is 0 Å². The van der Waals surface area contributed by atoms with Gasteiger partial charge in [0.1, 0.15) is 0 Å². The topological polar surface area (TPSA) is 3.24 Å². The molecule has 0 N–H and O–H groups in total. The van der Waals surface area contributed by atoms with Crippen LogP contribution in [0.4, 0.5) is 0 Å². The zero-order valence-corrected chi connectivity index (χ0v) is 11.1. The first kappa shape index (κ1) is 11.3. The van der Waals surface area contributed by atoms with E-state index in [1.54, 1.807) is 4.88 Å². The van der Waals surface area contributed by atoms with E-state index in [-0.39, 0.29) is 0 Å². The van der Waals surface area contributed by atoms with E-state index in [0.29, 0.717) is 0 Å². The number of hydrogen-bond acceptors (Lipinski definition) is 2. The van der Waals surface area contributed by atoms with Crippen LogP contribution < -0.4 is 0 Å². The minimum Gasteiger partial charge on any atom is -0.294 e. The predicted octanol–water partition coefficient (Wildman–Crippen LogP) is 3.96. The number of fused-ring (bicyclic) bond motifs is 1. The minimum atomic E-state index is 0.829. The van der Waals surface area contributed by atoms with Gasteiger partial charge < -0.3 is 0 Å². The summed E-state index contributed by atoms with van der Waals surface area (Å²) in [6.07, 6.45) is 1.19. The molecular formula is C14H14ClNS. The maximum absolute atomic E-state index is 6.01. The number of hydrogen-bond donors (Lipinski definition) is 0. The van der Waals surface area contributed by atoms with Gasteiger partial charge in [0, 0.05) is 29.5 Å². The van der Waals surface area contributed by atoms with E-state index in [1.807, 2.05) is 23.5 Å². The number of halogens is 1. The lowest BCUT2D eigenvalue weighted by molar-refractivity contribution is 0.247. The number of thiophene rings is 1. The van der Waals surface area contributed by atoms with Gasteiger partial charge in [-0.25, -0.2) is 0 Å². The third-order valence-corrected chi connectivity index (χ3v) is 4.44. The van der Waals surface area contributed by atoms with Crippen LogP contribution in [0.2, 0.25) is 5.02 Å². The third kappa shape index (κ3) is 2.54. The van der Waals surface area contributed by atoms with Crippen molar-refractivity contribution in [2.24, 2.45) is 0 Å². The van der Waals surface area contributed by atoms with Gasteiger partial charge in [-0.15, -0.1) is 11.3 Å². The highest BCUT2D eigenvalue weighted by Gasteiger charge is 2.16. The molecule has 1 nitrogen and oxygen atoms in total. The fraction of sp³-hybridized carbons (Fsp3) is 0.286. The van der Waals surface area contributed by atoms with Crippen LogP contribution in [-0.2, 0) is 19.5 Å². The fourth-order valence-electron chi connectivity index (χ4n) is 2.34. The first-order valence-corrected chi connectivity index (χ1v) is 7.09. The molecule has 0 fully saturated rings. The third-order valence-electron chi connectivity index (χ3n) is 3.18. The summed E-state index contributed by atoms with van der Waals surface area (Å²) >= 11 is 7.90. The molecular weight excluding hydrogens is 250 g/mol. The predicted molar refractivity (Wildman–Crippen MR) is 73.6 cm³/mol. The van der Waals surface area contributed by atoms with Gasteiger partial charge in [-0.3, -0.25) is 4.90 Å². The molecule has 1 aromatic heterocycles. The Kier molecular flexibility index (Phi) is 3.19. The van der Waals surface area contributed by atoms with Crippen molar-refractivity contribution in [2.45, 2.75) is 19.5 Å². The summed E-state index contributed by atoms with van der Waals surface area (Å²) < 4.78 is 0. The van der Waals surface area contributed by atoms with E-state index < -0.39 is 0 Å². The molecule has 2 heterocycles. The van der Waals surface area contributed by atoms with Crippen molar-refractivity contribution in [2.75, 3.05) is 6.54 Å². The highest BCUT2D eigenvalue weighted by molar-refractivity contribution is 7.10. The van der Waals surface area contributed by atoms with E-state index in [1.165, 1.54) is 17.5 Å². The second kappa shape index (κ2) is 4.81. The standard InChI is InChI=1S/C14H14ClNS/c15-13-3-1-2-11(8-13)9-16-6-4-14-12(10-16)5-7-17-14/h1-3,5,7-8H,4,6,9-10H2. The van der Waals surface area contributed by atoms with Gasteiger partial charge in [0.15, 0.2) is 0 Å². The maximum atomic E-state index is 6.01. The molecule has 0 saturated carbocycles. The van der Waals surface area contributed by atoms with Gasteiger partial charge in [0.2, 0.25) is 0 Å². The second-order valence-corrected chi connectivity index (χ2v) is 5.90. The Morgan fingerprint density at radius 3 is 3.12 bits per heavy atom. The quantitative estimate of drug-likeness (QED) is 0.793. The maximum Gasteiger partial charge on any atom is 0.0409 e. The number of benzene rings is 1. The lowest BCUT2D eigenvalue weighted by Gasteiger charge is -2.26. The Morgan fingerprint density at radius 1 is 1.29 bits per heavy atom. The van der Waals surface area contributed by atoms with Gasteiger partial charge in [-0.2, -0.15) is 0 Å². The minimum absolute atomic E-state index is 0.829. The van der Waals surface area contributed by atoms with E-state index in [4.69, 9.17) is 11.6 Å². The zero-order valence-electron chi connectivity index (χ0n) is 9.53. The SMILES string of the molecule is Clc1cccc(CN2CCc3sccc3C2)c1. The van der Waals surface area contributed by atoms with Crippen LogP contribution in [0.1, 0.15) is 16.0 Å². The Balaban J connectivity index is 1.72. The highest BCUT2D eigenvalue weighted by Crippen LogP contribution is 2.25. The molecule has 0 bridgehead atoms. The molecule has 0 aliphatic carbocycles. The normalized spacial score (nSPS) is 15.8. The molecule has 0 atom stereocenters. The molecule has 3 heteroatoms. The summed E-state index contributed by atoms with van der Waals surface area (Å²) in [4.78, 5) is 4.05. The molecule has 0 saturated heterocycles. The van der Waals surface area contributed by atoms with Crippen LogP contribution in [-0.4, -0.2) is 11.4 Å². The Bertz CT molecular complexity index is 520. The Labute approximate surface area is 111 Å². The first-order chi connectivity index (χ1) is 8.31. The molecule has 3 rings (SSSR count). The lowest BCUT2D eigenvalue weighted by atomic mass is 10.1. The lowest BCUT2D eigenvalue weighted by Crippen LogP contribution is -2.29. The van der Waals surface area contributed by atoms with Crippen molar-refractivity contribution >= 4 is 22.9 Å². The van der Waals surface area contributed by atoms with Crippen LogP contribution in [0.3, 0.4) is 0 Å². The van der Waals surface area contributed by atoms with Crippen molar-refractivity contribution in [1.82, 2.24) is 4.90 Å². The van der Waals surface area contributed by atoms with Crippen LogP contribution >= 0.6 is 22.9 Å². The molecule has 0 radical (unpaired) electrons. The second-order valence-electron chi connectivity index (χ2n) is 4.46. The molecule has 88 valence electrons. The monoisotopic (exact) mass is 263 g/mol. The van der Waals surface area contributed by atoms with E-state index in [2.05, 4.69) is 28.5 Å². The summed E-state index contributed by atoms with van der Waals surface area (Å²) in [5, 5.41) is 3.03. The fourth-order valence-corrected chi connectivity index (χ4v) is 3.44. The van der Waals surface area contributed by atoms with Gasteiger partial charge in [-0.05, 0) is 41.1 Å². The largest absolute Gasteiger partial charge is 0.294 e. The van der Waals surface area contributed by atoms with Crippen molar-refractivity contribution in [3.05, 3.63) is 56.7 Å². The van der Waals surface area contributed by atoms with Crippen molar-refractivity contribution < 1.29 is 0 Å². The first-order valence-electron chi connectivity index (χ1n) is 5.83. The van der Waals surface area contributed by atoms with Crippen LogP contribution in [0, 0.1) is 0 Å². The van der Waals surface area contributed by atoms with Gasteiger partial charge in [0.25, 0.3) is 0 Å².